The molecular weight excluding hydrogens is 232 g/mol. The Hall–Kier alpha value is -0.180. The molecule has 0 bridgehead atoms. The van der Waals surface area contributed by atoms with Gasteiger partial charge in [0.2, 0.25) is 0 Å². The average molecular weight is 259 g/mol. The largest absolute Gasteiger partial charge is 0.297 e. The van der Waals surface area contributed by atoms with Crippen molar-refractivity contribution >= 4 is 0 Å². The summed E-state index contributed by atoms with van der Waals surface area (Å²) >= 11 is 0. The van der Waals surface area contributed by atoms with Crippen LogP contribution in [-0.4, -0.2) is 36.9 Å². The fraction of sp³-hybridized carbons (Fsp3) is 1.00. The minimum Gasteiger partial charge on any atom is -0.297 e. The van der Waals surface area contributed by atoms with Crippen LogP contribution in [0.5, 0.6) is 0 Å². The molecule has 0 aromatic carbocycles. The van der Waals surface area contributed by atoms with Gasteiger partial charge in [-0.3, -0.25) is 13.7 Å². The Labute approximate surface area is 110 Å². The molecule has 1 saturated heterocycles. The molecule has 2 rings (SSSR count). The zero-order chi connectivity index (χ0) is 13.1. The Morgan fingerprint density at radius 1 is 1.06 bits per heavy atom. The van der Waals surface area contributed by atoms with E-state index in [2.05, 4.69) is 11.8 Å². The molecule has 0 aromatic rings. The number of unbranched alkanes of at least 4 members (excludes halogenated alkanes) is 1. The molecule has 1 spiro atoms. The first-order chi connectivity index (χ1) is 8.70. The topological polar surface area (TPSA) is 3.24 Å². The molecule has 1 heterocycles. The fourth-order valence-electron chi connectivity index (χ4n) is 3.84. The first-order valence-electron chi connectivity index (χ1n) is 7.57. The second-order valence-electron chi connectivity index (χ2n) is 6.36. The molecule has 3 heteroatoms. The van der Waals surface area contributed by atoms with E-state index in [1.807, 2.05) is 0 Å². The van der Waals surface area contributed by atoms with Gasteiger partial charge in [-0.2, -0.15) is 0 Å². The van der Waals surface area contributed by atoms with E-state index in [0.717, 1.165) is 32.4 Å². The maximum Gasteiger partial charge on any atom is 0.0906 e. The van der Waals surface area contributed by atoms with Crippen LogP contribution in [0.4, 0.5) is 8.78 Å². The average Bonchev–Trinajstić information content (AvgIpc) is 3.04. The highest BCUT2D eigenvalue weighted by Crippen LogP contribution is 2.59. The van der Waals surface area contributed by atoms with Crippen molar-refractivity contribution in [1.82, 2.24) is 4.90 Å². The van der Waals surface area contributed by atoms with Crippen LogP contribution in [0.1, 0.15) is 58.3 Å². The minimum absolute atomic E-state index is 0.199. The molecule has 18 heavy (non-hydrogen) atoms. The van der Waals surface area contributed by atoms with Gasteiger partial charge in [0.1, 0.15) is 0 Å². The van der Waals surface area contributed by atoms with Crippen LogP contribution in [0.15, 0.2) is 0 Å². The summed E-state index contributed by atoms with van der Waals surface area (Å²) in [5, 5.41) is 0. The number of hydrogen-bond acceptors (Lipinski definition) is 1. The molecule has 0 amide bonds. The van der Waals surface area contributed by atoms with Gasteiger partial charge in [0.05, 0.1) is 13.3 Å². The summed E-state index contributed by atoms with van der Waals surface area (Å²) in [5.41, 5.74) is 0.808. The monoisotopic (exact) mass is 259 g/mol. The van der Waals surface area contributed by atoms with Crippen molar-refractivity contribution in [2.24, 2.45) is 5.41 Å². The van der Waals surface area contributed by atoms with E-state index in [1.165, 1.54) is 19.3 Å². The lowest BCUT2D eigenvalue weighted by molar-refractivity contribution is 0.113. The molecule has 1 saturated carbocycles. The van der Waals surface area contributed by atoms with Crippen molar-refractivity contribution in [2.45, 2.75) is 63.8 Å². The Bertz CT molecular complexity index is 265. The maximum absolute atomic E-state index is 12.4. The zero-order valence-electron chi connectivity index (χ0n) is 11.7. The third-order valence-corrected chi connectivity index (χ3v) is 5.10. The molecular formula is C15H27F2N. The Kier molecular flexibility index (Phi) is 4.63. The minimum atomic E-state index is -0.215. The van der Waals surface area contributed by atoms with Crippen molar-refractivity contribution in [3.63, 3.8) is 0 Å². The fourth-order valence-corrected chi connectivity index (χ4v) is 3.84. The van der Waals surface area contributed by atoms with Crippen molar-refractivity contribution < 1.29 is 8.78 Å². The van der Waals surface area contributed by atoms with Gasteiger partial charge in [0.15, 0.2) is 0 Å². The number of nitrogens with zero attached hydrogens (tertiary/aromatic N) is 1. The molecule has 2 aliphatic rings. The van der Waals surface area contributed by atoms with Gasteiger partial charge in [-0.1, -0.05) is 6.92 Å². The van der Waals surface area contributed by atoms with Gasteiger partial charge in [0.25, 0.3) is 0 Å². The number of hydrogen-bond donors (Lipinski definition) is 0. The summed E-state index contributed by atoms with van der Waals surface area (Å²) < 4.78 is 24.7. The first-order valence-corrected chi connectivity index (χ1v) is 7.57. The van der Waals surface area contributed by atoms with Crippen molar-refractivity contribution in [2.75, 3.05) is 26.4 Å². The zero-order valence-corrected chi connectivity index (χ0v) is 11.7. The summed E-state index contributed by atoms with van der Waals surface area (Å²) in [6, 6.07) is 0. The Balaban J connectivity index is 1.98. The molecule has 0 aromatic heterocycles. The molecule has 2 fully saturated rings. The van der Waals surface area contributed by atoms with Crippen LogP contribution in [-0.2, 0) is 0 Å². The summed E-state index contributed by atoms with van der Waals surface area (Å²) in [6.07, 6.45) is 8.52. The number of halogens is 2. The normalized spacial score (nSPS) is 30.2. The standard InChI is InChI=1S/C15H27F2N/c1-2-15(6-3-4-9-16)12-14(7-8-14)13-18(15)11-5-10-17/h2-13H2,1H3. The van der Waals surface area contributed by atoms with Crippen molar-refractivity contribution in [1.29, 1.82) is 0 Å². The van der Waals surface area contributed by atoms with E-state index in [4.69, 9.17) is 0 Å². The van der Waals surface area contributed by atoms with Crippen LogP contribution >= 0.6 is 0 Å². The summed E-state index contributed by atoms with van der Waals surface area (Å²) in [4.78, 5) is 2.54. The Morgan fingerprint density at radius 2 is 1.78 bits per heavy atom. The molecule has 1 aliphatic heterocycles. The second kappa shape index (κ2) is 5.85. The van der Waals surface area contributed by atoms with E-state index in [-0.39, 0.29) is 18.9 Å². The summed E-state index contributed by atoms with van der Waals surface area (Å²) in [6.45, 7) is 3.89. The third kappa shape index (κ3) is 2.87. The smallest absolute Gasteiger partial charge is 0.0906 e. The first kappa shape index (κ1) is 14.2. The molecule has 106 valence electrons. The van der Waals surface area contributed by atoms with E-state index in [9.17, 15) is 8.78 Å². The van der Waals surface area contributed by atoms with Crippen LogP contribution in [0.25, 0.3) is 0 Å². The van der Waals surface area contributed by atoms with E-state index >= 15 is 0 Å². The van der Waals surface area contributed by atoms with Crippen LogP contribution in [0.3, 0.4) is 0 Å². The van der Waals surface area contributed by atoms with E-state index < -0.39 is 0 Å². The lowest BCUT2D eigenvalue weighted by Gasteiger charge is -2.38. The van der Waals surface area contributed by atoms with E-state index in [1.54, 1.807) is 0 Å². The van der Waals surface area contributed by atoms with Gasteiger partial charge in [-0.25, -0.2) is 0 Å². The van der Waals surface area contributed by atoms with Crippen molar-refractivity contribution in [3.05, 3.63) is 0 Å². The predicted molar refractivity (Wildman–Crippen MR) is 71.3 cm³/mol. The second-order valence-corrected chi connectivity index (χ2v) is 6.36. The van der Waals surface area contributed by atoms with Gasteiger partial charge in [0, 0.05) is 18.6 Å². The third-order valence-electron chi connectivity index (χ3n) is 5.10. The highest BCUT2D eigenvalue weighted by Gasteiger charge is 2.57. The molecule has 0 N–H and O–H groups in total. The quantitative estimate of drug-likeness (QED) is 0.593. The highest BCUT2D eigenvalue weighted by atomic mass is 19.1. The van der Waals surface area contributed by atoms with Gasteiger partial charge in [-0.15, -0.1) is 0 Å². The predicted octanol–water partition coefficient (Wildman–Crippen LogP) is 4.12. The van der Waals surface area contributed by atoms with E-state index in [0.29, 0.717) is 18.3 Å². The van der Waals surface area contributed by atoms with Crippen LogP contribution < -0.4 is 0 Å². The van der Waals surface area contributed by atoms with Crippen molar-refractivity contribution in [3.8, 4) is 0 Å². The number of rotatable bonds is 8. The van der Waals surface area contributed by atoms with Gasteiger partial charge in [-0.05, 0) is 56.8 Å². The molecule has 1 atom stereocenters. The van der Waals surface area contributed by atoms with Gasteiger partial charge >= 0.3 is 0 Å². The maximum atomic E-state index is 12.4. The summed E-state index contributed by atoms with van der Waals surface area (Å²) in [5.74, 6) is 0. The van der Waals surface area contributed by atoms with Crippen LogP contribution in [0, 0.1) is 5.41 Å². The SMILES string of the molecule is CCC1(CCCCF)CC2(CC2)CN1CCCF. The molecule has 1 aliphatic carbocycles. The lowest BCUT2D eigenvalue weighted by atomic mass is 9.83. The Morgan fingerprint density at radius 3 is 2.33 bits per heavy atom. The molecule has 1 unspecified atom stereocenters. The summed E-state index contributed by atoms with van der Waals surface area (Å²) in [7, 11) is 0. The van der Waals surface area contributed by atoms with Gasteiger partial charge < -0.3 is 0 Å². The highest BCUT2D eigenvalue weighted by molar-refractivity contribution is 5.11. The number of alkyl halides is 2. The lowest BCUT2D eigenvalue weighted by Crippen LogP contribution is -2.44. The van der Waals surface area contributed by atoms with Crippen LogP contribution in [0.2, 0.25) is 0 Å². The number of likely N-dealkylation sites (tertiary alicyclic amines) is 1. The molecule has 1 nitrogen and oxygen atoms in total. The molecule has 0 radical (unpaired) electrons.